The van der Waals surface area contributed by atoms with Crippen LogP contribution in [0.15, 0.2) is 30.3 Å². The summed E-state index contributed by atoms with van der Waals surface area (Å²) in [6.45, 7) is 4.48. The number of halogens is 1. The fraction of sp³-hybridized carbons (Fsp3) is 0.643. The van der Waals surface area contributed by atoms with Crippen LogP contribution in [0, 0.1) is 17.7 Å². The molecule has 170 valence electrons. The first-order valence-electron chi connectivity index (χ1n) is 12.8. The lowest BCUT2D eigenvalue weighted by atomic mass is 9.78. The topological polar surface area (TPSA) is 25.8 Å². The quantitative estimate of drug-likeness (QED) is 0.320. The Bertz CT molecular complexity index is 763. The number of hydrogen-bond acceptors (Lipinski definition) is 2. The van der Waals surface area contributed by atoms with Gasteiger partial charge >= 0.3 is 0 Å². The van der Waals surface area contributed by atoms with E-state index in [1.165, 1.54) is 70.6 Å². The van der Waals surface area contributed by atoms with Crippen LogP contribution in [0.1, 0.15) is 102 Å². The highest BCUT2D eigenvalue weighted by atomic mass is 19.1. The molecule has 1 aromatic heterocycles. The third kappa shape index (κ3) is 7.70. The third-order valence-corrected chi connectivity index (χ3v) is 7.09. The van der Waals surface area contributed by atoms with Crippen molar-refractivity contribution in [3.63, 3.8) is 0 Å². The monoisotopic (exact) mass is 424 g/mol. The van der Waals surface area contributed by atoms with E-state index in [2.05, 4.69) is 30.1 Å². The predicted octanol–water partition coefficient (Wildman–Crippen LogP) is 8.33. The van der Waals surface area contributed by atoms with Crippen LogP contribution in [-0.2, 0) is 12.8 Å². The average Bonchev–Trinajstić information content (AvgIpc) is 2.80. The number of hydrogen-bond donors (Lipinski definition) is 0. The Morgan fingerprint density at radius 3 is 2.13 bits per heavy atom. The van der Waals surface area contributed by atoms with E-state index in [0.717, 1.165) is 42.4 Å². The van der Waals surface area contributed by atoms with Crippen LogP contribution >= 0.6 is 0 Å². The highest BCUT2D eigenvalue weighted by Crippen LogP contribution is 2.34. The summed E-state index contributed by atoms with van der Waals surface area (Å²) in [7, 11) is 0. The summed E-state index contributed by atoms with van der Waals surface area (Å²) in [4.78, 5) is 0. The highest BCUT2D eigenvalue weighted by molar-refractivity contribution is 5.59. The molecule has 1 fully saturated rings. The first-order chi connectivity index (χ1) is 15.2. The third-order valence-electron chi connectivity index (χ3n) is 7.09. The van der Waals surface area contributed by atoms with Gasteiger partial charge in [0.1, 0.15) is 5.82 Å². The molecule has 1 aliphatic carbocycles. The van der Waals surface area contributed by atoms with Gasteiger partial charge in [-0.05, 0) is 67.3 Å². The van der Waals surface area contributed by atoms with Gasteiger partial charge in [-0.15, -0.1) is 0 Å². The Kier molecular flexibility index (Phi) is 9.96. The van der Waals surface area contributed by atoms with Gasteiger partial charge in [-0.25, -0.2) is 4.39 Å². The molecular weight excluding hydrogens is 383 g/mol. The Morgan fingerprint density at radius 1 is 0.774 bits per heavy atom. The number of unbranched alkanes of at least 4 members (excludes halogenated alkanes) is 4. The first-order valence-corrected chi connectivity index (χ1v) is 12.8. The van der Waals surface area contributed by atoms with Crippen molar-refractivity contribution < 1.29 is 4.39 Å². The normalized spacial score (nSPS) is 18.9. The zero-order chi connectivity index (χ0) is 21.9. The van der Waals surface area contributed by atoms with Crippen molar-refractivity contribution in [1.29, 1.82) is 0 Å². The lowest BCUT2D eigenvalue weighted by Crippen LogP contribution is -2.15. The molecule has 0 spiro atoms. The van der Waals surface area contributed by atoms with Gasteiger partial charge in [-0.3, -0.25) is 0 Å². The van der Waals surface area contributed by atoms with E-state index >= 15 is 0 Å². The lowest BCUT2D eigenvalue weighted by molar-refractivity contribution is 0.249. The van der Waals surface area contributed by atoms with E-state index in [1.807, 2.05) is 18.2 Å². The summed E-state index contributed by atoms with van der Waals surface area (Å²) in [5.74, 6) is 1.60. The van der Waals surface area contributed by atoms with Gasteiger partial charge in [0.2, 0.25) is 0 Å². The van der Waals surface area contributed by atoms with E-state index in [-0.39, 0.29) is 5.82 Å². The fourth-order valence-electron chi connectivity index (χ4n) is 4.98. The van der Waals surface area contributed by atoms with Crippen molar-refractivity contribution in [2.24, 2.45) is 11.8 Å². The molecule has 0 saturated heterocycles. The summed E-state index contributed by atoms with van der Waals surface area (Å²) < 4.78 is 14.8. The van der Waals surface area contributed by atoms with E-state index in [4.69, 9.17) is 0 Å². The first kappa shape index (κ1) is 23.9. The van der Waals surface area contributed by atoms with Crippen molar-refractivity contribution in [1.82, 2.24) is 10.2 Å². The van der Waals surface area contributed by atoms with Gasteiger partial charge in [0, 0.05) is 5.56 Å². The maximum Gasteiger partial charge on any atom is 0.132 e. The molecule has 1 heterocycles. The minimum Gasteiger partial charge on any atom is -0.206 e. The van der Waals surface area contributed by atoms with E-state index < -0.39 is 0 Å². The standard InChI is InChI=1S/C28H41FN2/c1-3-5-7-9-22-11-13-23(14-12-22)15-16-24-17-19-26(27(29)21-24)28-20-18-25(30-31-28)10-8-6-4-2/h17-23H,3-16H2,1-2H3. The van der Waals surface area contributed by atoms with Gasteiger partial charge in [0.05, 0.1) is 11.4 Å². The summed E-state index contributed by atoms with van der Waals surface area (Å²) in [6.07, 6.45) is 17.7. The number of benzene rings is 1. The van der Waals surface area contributed by atoms with Gasteiger partial charge in [-0.2, -0.15) is 10.2 Å². The molecule has 3 heteroatoms. The highest BCUT2D eigenvalue weighted by Gasteiger charge is 2.20. The van der Waals surface area contributed by atoms with Crippen LogP contribution in [0.2, 0.25) is 0 Å². The number of nitrogens with zero attached hydrogens (tertiary/aromatic N) is 2. The van der Waals surface area contributed by atoms with Crippen LogP contribution in [-0.4, -0.2) is 10.2 Å². The number of aromatic nitrogens is 2. The van der Waals surface area contributed by atoms with Crippen LogP contribution in [0.3, 0.4) is 0 Å². The smallest absolute Gasteiger partial charge is 0.132 e. The maximum atomic E-state index is 14.8. The molecule has 1 saturated carbocycles. The molecule has 1 aliphatic rings. The zero-order valence-corrected chi connectivity index (χ0v) is 19.7. The molecule has 0 N–H and O–H groups in total. The van der Waals surface area contributed by atoms with Crippen molar-refractivity contribution in [3.8, 4) is 11.3 Å². The molecule has 3 rings (SSSR count). The Balaban J connectivity index is 1.46. The largest absolute Gasteiger partial charge is 0.206 e. The van der Waals surface area contributed by atoms with E-state index in [9.17, 15) is 4.39 Å². The molecule has 0 aliphatic heterocycles. The Morgan fingerprint density at radius 2 is 1.48 bits per heavy atom. The maximum absolute atomic E-state index is 14.8. The second-order valence-electron chi connectivity index (χ2n) is 9.60. The van der Waals surface area contributed by atoms with Crippen LogP contribution in [0.4, 0.5) is 4.39 Å². The molecule has 0 unspecified atom stereocenters. The SMILES string of the molecule is CCCCCc1ccc(-c2ccc(CCC3CCC(CCCCC)CC3)cc2F)nn1. The van der Waals surface area contributed by atoms with Gasteiger partial charge in [0.25, 0.3) is 0 Å². The minimum absolute atomic E-state index is 0.176. The average molecular weight is 425 g/mol. The molecule has 0 amide bonds. The molecule has 0 atom stereocenters. The molecule has 2 nitrogen and oxygen atoms in total. The van der Waals surface area contributed by atoms with Gasteiger partial charge in [0.15, 0.2) is 0 Å². The van der Waals surface area contributed by atoms with Crippen LogP contribution in [0.5, 0.6) is 0 Å². The summed E-state index contributed by atoms with van der Waals surface area (Å²) >= 11 is 0. The summed E-state index contributed by atoms with van der Waals surface area (Å²) in [5, 5.41) is 8.58. The fourth-order valence-corrected chi connectivity index (χ4v) is 4.98. The molecule has 0 bridgehead atoms. The molecule has 2 aromatic rings. The van der Waals surface area contributed by atoms with Gasteiger partial charge < -0.3 is 0 Å². The van der Waals surface area contributed by atoms with Crippen molar-refractivity contribution in [2.45, 2.75) is 104 Å². The second-order valence-corrected chi connectivity index (χ2v) is 9.60. The van der Waals surface area contributed by atoms with E-state index in [0.29, 0.717) is 11.3 Å². The molecule has 31 heavy (non-hydrogen) atoms. The lowest BCUT2D eigenvalue weighted by Gasteiger charge is -2.28. The van der Waals surface area contributed by atoms with Crippen molar-refractivity contribution >= 4 is 0 Å². The molecular formula is C28H41FN2. The van der Waals surface area contributed by atoms with Crippen molar-refractivity contribution in [2.75, 3.05) is 0 Å². The Hall–Kier alpha value is -1.77. The zero-order valence-electron chi connectivity index (χ0n) is 19.7. The number of rotatable bonds is 12. The van der Waals surface area contributed by atoms with Gasteiger partial charge in [-0.1, -0.05) is 84.1 Å². The Labute approximate surface area is 189 Å². The number of aryl methyl sites for hydroxylation is 2. The summed E-state index contributed by atoms with van der Waals surface area (Å²) in [5.41, 5.74) is 3.29. The van der Waals surface area contributed by atoms with Crippen LogP contribution < -0.4 is 0 Å². The predicted molar refractivity (Wildman–Crippen MR) is 129 cm³/mol. The molecule has 1 aromatic carbocycles. The van der Waals surface area contributed by atoms with Crippen molar-refractivity contribution in [3.05, 3.63) is 47.4 Å². The van der Waals surface area contributed by atoms with Crippen LogP contribution in [0.25, 0.3) is 11.3 Å². The van der Waals surface area contributed by atoms with E-state index in [1.54, 1.807) is 6.07 Å². The molecule has 0 radical (unpaired) electrons. The minimum atomic E-state index is -0.176. The summed E-state index contributed by atoms with van der Waals surface area (Å²) in [6, 6.07) is 9.57. The second kappa shape index (κ2) is 12.9.